The van der Waals surface area contributed by atoms with Crippen molar-refractivity contribution in [3.63, 3.8) is 0 Å². The van der Waals surface area contributed by atoms with E-state index in [2.05, 4.69) is 11.7 Å². The Balaban J connectivity index is 4.37. The van der Waals surface area contributed by atoms with E-state index in [4.69, 9.17) is 6.17 Å². The second kappa shape index (κ2) is 6.87. The number of esters is 1. The van der Waals surface area contributed by atoms with Crippen molar-refractivity contribution in [1.82, 2.24) is 0 Å². The molecule has 1 unspecified atom stereocenters. The predicted molar refractivity (Wildman–Crippen MR) is 67.4 cm³/mol. The van der Waals surface area contributed by atoms with Gasteiger partial charge < -0.3 is 19.2 Å². The number of likely N-dealkylation sites (N-methyl/N-ethyl adjacent to an activating group) is 1. The van der Waals surface area contributed by atoms with Gasteiger partial charge in [0.15, 0.2) is 6.54 Å². The molecule has 0 aromatic carbocycles. The summed E-state index contributed by atoms with van der Waals surface area (Å²) in [5.41, 5.74) is 0.515. The van der Waals surface area contributed by atoms with E-state index < -0.39 is 13.7 Å². The molecule has 98 valence electrons. The molecule has 0 spiro atoms. The summed E-state index contributed by atoms with van der Waals surface area (Å²) in [4.78, 5) is 22.9. The second-order valence-electron chi connectivity index (χ2n) is 4.86. The molecular weight excluding hydrogens is 241 g/mol. The van der Waals surface area contributed by atoms with Crippen molar-refractivity contribution in [3.05, 3.63) is 12.2 Å². The molecule has 0 aliphatic carbocycles. The molecule has 0 heterocycles. The molecule has 0 rings (SSSR count). The molecule has 0 aliphatic rings. The minimum absolute atomic E-state index is 0.0326. The molecule has 5 nitrogen and oxygen atoms in total. The third-order valence-electron chi connectivity index (χ3n) is 1.76. The lowest BCUT2D eigenvalue weighted by molar-refractivity contribution is -0.861. The van der Waals surface area contributed by atoms with E-state index in [1.807, 2.05) is 21.1 Å². The molecule has 1 N–H and O–H groups in total. The molecule has 0 fully saturated rings. The predicted octanol–water partition coefficient (Wildman–Crippen LogP) is 0.0715. The molecule has 6 heteroatoms. The number of quaternary nitrogens is 1. The Morgan fingerprint density at radius 1 is 1.59 bits per heavy atom. The van der Waals surface area contributed by atoms with Gasteiger partial charge in [0.05, 0.1) is 28.9 Å². The van der Waals surface area contributed by atoms with Gasteiger partial charge in [0.25, 0.3) is 5.48 Å². The molecule has 0 radical (unpaired) electrons. The van der Waals surface area contributed by atoms with Crippen LogP contribution in [0.4, 0.5) is 0 Å². The largest absolute Gasteiger partial charge is 0.628 e. The molecule has 0 aromatic heterocycles. The Bertz CT molecular complexity index is 349. The summed E-state index contributed by atoms with van der Waals surface area (Å²) in [7, 11) is 3.89. The second-order valence-corrected chi connectivity index (χ2v) is 6.56. The standard InChI is InChI=1S/C11H20NO4P/c1-9(2)11(14)16-6-7-17(15)10(13)8-12(3,4)5/h1,6-8H2,2-5H3/p+1/i/hD. The van der Waals surface area contributed by atoms with E-state index in [-0.39, 0.29) is 18.2 Å². The number of nitrogens with zero attached hydrogens (tertiary/aromatic N) is 1. The zero-order valence-corrected chi connectivity index (χ0v) is 11.8. The van der Waals surface area contributed by atoms with Crippen LogP contribution in [0.25, 0.3) is 0 Å². The molecule has 0 saturated carbocycles. The summed E-state index contributed by atoms with van der Waals surface area (Å²) in [5.74, 6) is -0.502. The molecular formula is C11H21NO4P+. The van der Waals surface area contributed by atoms with Gasteiger partial charge in [0.2, 0.25) is 1.43 Å². The Kier molecular flexibility index (Phi) is 5.78. The van der Waals surface area contributed by atoms with Crippen molar-refractivity contribution in [2.75, 3.05) is 40.5 Å². The lowest BCUT2D eigenvalue weighted by atomic mass is 10.4. The lowest BCUT2D eigenvalue weighted by Crippen LogP contribution is -2.39. The van der Waals surface area contributed by atoms with Gasteiger partial charge in [-0.2, -0.15) is 0 Å². The first-order valence-electron chi connectivity index (χ1n) is 5.65. The maximum Gasteiger partial charge on any atom is 0.333 e. The fourth-order valence-electron chi connectivity index (χ4n) is 0.954. The quantitative estimate of drug-likeness (QED) is 0.305. The van der Waals surface area contributed by atoms with Crippen molar-refractivity contribution in [2.45, 2.75) is 6.92 Å². The van der Waals surface area contributed by atoms with Gasteiger partial charge in [0, 0.05) is 5.57 Å². The van der Waals surface area contributed by atoms with E-state index in [0.29, 0.717) is 16.6 Å². The van der Waals surface area contributed by atoms with Crippen molar-refractivity contribution >= 4 is 19.2 Å². The number of aliphatic hydroxyl groups is 1. The van der Waals surface area contributed by atoms with E-state index in [9.17, 15) is 9.69 Å². The molecule has 0 saturated heterocycles. The Hall–Kier alpha value is -0.740. The summed E-state index contributed by atoms with van der Waals surface area (Å²) < 4.78 is 12.3. The fraction of sp³-hybridized carbons (Fsp3) is 0.636. The fourth-order valence-corrected chi connectivity index (χ4v) is 2.04. The Morgan fingerprint density at radius 3 is 2.59 bits per heavy atom. The third-order valence-corrected chi connectivity index (χ3v) is 3.05. The SMILES string of the molecule is [2H]OC(C[N+](C)(C)C)=[P+]([O-])CCOC(=O)C(=C)C. The maximum absolute atomic E-state index is 11.8. The first-order chi connectivity index (χ1) is 8.17. The van der Waals surface area contributed by atoms with Crippen LogP contribution in [-0.4, -0.2) is 61.5 Å². The summed E-state index contributed by atoms with van der Waals surface area (Å²) >= 11 is 0. The van der Waals surface area contributed by atoms with Crippen LogP contribution in [0.3, 0.4) is 0 Å². The van der Waals surface area contributed by atoms with Crippen LogP contribution in [0, 0.1) is 0 Å². The number of hydrogen-bond donors (Lipinski definition) is 1. The van der Waals surface area contributed by atoms with Gasteiger partial charge in [0.1, 0.15) is 12.8 Å². The van der Waals surface area contributed by atoms with E-state index in [1.165, 1.54) is 0 Å². The number of carbonyl (C=O) groups excluding carboxylic acids is 1. The summed E-state index contributed by atoms with van der Waals surface area (Å²) in [6, 6.07) is 0. The van der Waals surface area contributed by atoms with E-state index >= 15 is 0 Å². The summed E-state index contributed by atoms with van der Waals surface area (Å²) in [6.07, 6.45) is 0.155. The van der Waals surface area contributed by atoms with Crippen LogP contribution in [0.15, 0.2) is 12.2 Å². The van der Waals surface area contributed by atoms with Crippen molar-refractivity contribution in [3.8, 4) is 0 Å². The first kappa shape index (κ1) is 14.3. The van der Waals surface area contributed by atoms with Gasteiger partial charge in [-0.25, -0.2) is 4.79 Å². The zero-order chi connectivity index (χ0) is 14.3. The van der Waals surface area contributed by atoms with E-state index in [0.717, 1.165) is 0 Å². The first-order valence-corrected chi connectivity index (χ1v) is 6.68. The third kappa shape index (κ3) is 8.05. The van der Waals surface area contributed by atoms with Crippen LogP contribution in [0.5, 0.6) is 0 Å². The smallest absolute Gasteiger partial charge is 0.333 e. The van der Waals surface area contributed by atoms with Crippen molar-refractivity contribution < 1.29 is 25.4 Å². The van der Waals surface area contributed by atoms with Crippen LogP contribution < -0.4 is 4.89 Å². The Labute approximate surface area is 105 Å². The zero-order valence-electron chi connectivity index (χ0n) is 11.9. The van der Waals surface area contributed by atoms with Crippen LogP contribution in [-0.2, 0) is 9.53 Å². The monoisotopic (exact) mass is 263 g/mol. The average molecular weight is 263 g/mol. The normalized spacial score (nSPS) is 13.8. The van der Waals surface area contributed by atoms with Crippen molar-refractivity contribution in [1.29, 1.82) is 0 Å². The Morgan fingerprint density at radius 2 is 2.18 bits per heavy atom. The van der Waals surface area contributed by atoms with E-state index in [1.54, 1.807) is 6.92 Å². The topological polar surface area (TPSA) is 69.6 Å². The minimum atomic E-state index is -1.82. The number of rotatable bonds is 7. The molecule has 0 aliphatic heterocycles. The molecule has 1 atom stereocenters. The van der Waals surface area contributed by atoms with Crippen LogP contribution in [0.2, 0.25) is 0 Å². The number of carbonyl (C=O) groups is 1. The number of hydrogen-bond acceptors (Lipinski definition) is 4. The highest BCUT2D eigenvalue weighted by atomic mass is 31.1. The average Bonchev–Trinajstić information content (AvgIpc) is 2.23. The minimum Gasteiger partial charge on any atom is -0.628 e. The van der Waals surface area contributed by atoms with Crippen LogP contribution >= 0.6 is 7.77 Å². The molecule has 0 amide bonds. The van der Waals surface area contributed by atoms with Gasteiger partial charge in [-0.05, 0) is 6.92 Å². The van der Waals surface area contributed by atoms with Gasteiger partial charge >= 0.3 is 5.97 Å². The summed E-state index contributed by atoms with van der Waals surface area (Å²) in [6.45, 7) is 5.40. The van der Waals surface area contributed by atoms with Gasteiger partial charge in [-0.3, -0.25) is 0 Å². The molecule has 17 heavy (non-hydrogen) atoms. The van der Waals surface area contributed by atoms with Gasteiger partial charge in [-0.1, -0.05) is 6.58 Å². The van der Waals surface area contributed by atoms with Gasteiger partial charge in [-0.15, -0.1) is 0 Å². The highest BCUT2D eigenvalue weighted by Crippen LogP contribution is 2.13. The maximum atomic E-state index is 11.8. The highest BCUT2D eigenvalue weighted by Gasteiger charge is 2.17. The van der Waals surface area contributed by atoms with Crippen molar-refractivity contribution in [2.24, 2.45) is 0 Å². The number of aliphatic hydroxyl groups excluding tert-OH is 1. The number of ether oxygens (including phenoxy) is 1. The molecule has 0 bridgehead atoms. The summed E-state index contributed by atoms with van der Waals surface area (Å²) in [5, 5.41) is 4.40. The lowest BCUT2D eigenvalue weighted by Gasteiger charge is -2.22. The molecule has 0 aromatic rings. The van der Waals surface area contributed by atoms with Crippen LogP contribution in [0.1, 0.15) is 8.35 Å². The highest BCUT2D eigenvalue weighted by molar-refractivity contribution is 7.51.